The van der Waals surface area contributed by atoms with Crippen molar-refractivity contribution in [3.05, 3.63) is 53.3 Å². The van der Waals surface area contributed by atoms with E-state index < -0.39 is 5.82 Å². The summed E-state index contributed by atoms with van der Waals surface area (Å²) in [5.41, 5.74) is 0.177. The van der Waals surface area contributed by atoms with Crippen LogP contribution in [-0.2, 0) is 4.74 Å². The van der Waals surface area contributed by atoms with Gasteiger partial charge in [0.25, 0.3) is 5.91 Å². The Kier molecular flexibility index (Phi) is 4.33. The maximum Gasteiger partial charge on any atom is 0.265 e. The predicted octanol–water partition coefficient (Wildman–Crippen LogP) is 3.52. The van der Waals surface area contributed by atoms with Crippen molar-refractivity contribution in [2.45, 2.75) is 0 Å². The third-order valence-corrected chi connectivity index (χ3v) is 5.18. The van der Waals surface area contributed by atoms with Gasteiger partial charge in [-0.3, -0.25) is 4.79 Å². The third kappa shape index (κ3) is 3.20. The largest absolute Gasteiger partial charge is 0.378 e. The molecule has 0 atom stereocenters. The number of hydrogen-bond acceptors (Lipinski definition) is 5. The first-order valence-corrected chi connectivity index (χ1v) is 8.81. The number of morpholine rings is 1. The van der Waals surface area contributed by atoms with Crippen LogP contribution < -0.4 is 10.2 Å². The van der Waals surface area contributed by atoms with Gasteiger partial charge in [0.15, 0.2) is 0 Å². The fourth-order valence-corrected chi connectivity index (χ4v) is 3.78. The number of anilines is 2. The fraction of sp³-hybridized carbons (Fsp3) is 0.222. The topological polar surface area (TPSA) is 54.5 Å². The summed E-state index contributed by atoms with van der Waals surface area (Å²) in [5, 5.41) is 3.57. The van der Waals surface area contributed by atoms with Crippen molar-refractivity contribution in [3.63, 3.8) is 0 Å². The molecule has 5 nitrogen and oxygen atoms in total. The van der Waals surface area contributed by atoms with E-state index in [4.69, 9.17) is 4.74 Å². The zero-order chi connectivity index (χ0) is 17.2. The molecule has 1 fully saturated rings. The molecule has 0 unspecified atom stereocenters. The second-order valence-electron chi connectivity index (χ2n) is 5.69. The summed E-state index contributed by atoms with van der Waals surface area (Å²) in [5.74, 6) is 0.0915. The minimum absolute atomic E-state index is 0.177. The van der Waals surface area contributed by atoms with Crippen LogP contribution in [0.3, 0.4) is 0 Å². The quantitative estimate of drug-likeness (QED) is 0.779. The molecule has 0 saturated carbocycles. The highest BCUT2D eigenvalue weighted by Crippen LogP contribution is 2.32. The number of rotatable bonds is 3. The second kappa shape index (κ2) is 6.78. The Hall–Kier alpha value is -2.51. The van der Waals surface area contributed by atoms with Crippen LogP contribution in [0.4, 0.5) is 15.9 Å². The maximum atomic E-state index is 13.7. The standard InChI is InChI=1S/C18H16FN3O2S/c19-13-3-1-2-4-14(13)21-18(23)16-11-12-15(25-16)5-6-20-17(12)22-7-9-24-10-8-22/h1-6,11H,7-10H2,(H,21,23). The lowest BCUT2D eigenvalue weighted by molar-refractivity contribution is 0.103. The van der Waals surface area contributed by atoms with E-state index in [-0.39, 0.29) is 11.6 Å². The Morgan fingerprint density at radius 2 is 2.04 bits per heavy atom. The number of aromatic nitrogens is 1. The van der Waals surface area contributed by atoms with E-state index in [1.807, 2.05) is 12.1 Å². The number of hydrogen-bond donors (Lipinski definition) is 1. The number of nitrogens with one attached hydrogen (secondary N) is 1. The van der Waals surface area contributed by atoms with Crippen LogP contribution in [0.2, 0.25) is 0 Å². The average Bonchev–Trinajstić information content (AvgIpc) is 3.09. The highest BCUT2D eigenvalue weighted by Gasteiger charge is 2.19. The van der Waals surface area contributed by atoms with Gasteiger partial charge < -0.3 is 15.0 Å². The number of amides is 1. The molecule has 7 heteroatoms. The average molecular weight is 357 g/mol. The summed E-state index contributed by atoms with van der Waals surface area (Å²) < 4.78 is 20.1. The van der Waals surface area contributed by atoms with Crippen LogP contribution in [0, 0.1) is 5.82 Å². The first-order valence-electron chi connectivity index (χ1n) is 7.99. The van der Waals surface area contributed by atoms with E-state index in [2.05, 4.69) is 15.2 Å². The first kappa shape index (κ1) is 16.0. The minimum Gasteiger partial charge on any atom is -0.378 e. The fourth-order valence-electron chi connectivity index (χ4n) is 2.83. The number of para-hydroxylation sites is 1. The van der Waals surface area contributed by atoms with Gasteiger partial charge in [-0.25, -0.2) is 9.37 Å². The molecule has 128 valence electrons. The van der Waals surface area contributed by atoms with E-state index in [9.17, 15) is 9.18 Å². The Bertz CT molecular complexity index is 922. The minimum atomic E-state index is -0.451. The van der Waals surface area contributed by atoms with Crippen LogP contribution in [0.15, 0.2) is 42.6 Å². The van der Waals surface area contributed by atoms with Crippen LogP contribution >= 0.6 is 11.3 Å². The molecule has 0 spiro atoms. The van der Waals surface area contributed by atoms with Crippen molar-refractivity contribution >= 4 is 38.8 Å². The van der Waals surface area contributed by atoms with Crippen molar-refractivity contribution in [2.24, 2.45) is 0 Å². The molecule has 0 bridgehead atoms. The van der Waals surface area contributed by atoms with Gasteiger partial charge in [0.2, 0.25) is 0 Å². The maximum absolute atomic E-state index is 13.7. The molecule has 0 aliphatic carbocycles. The van der Waals surface area contributed by atoms with Crippen molar-refractivity contribution in [2.75, 3.05) is 36.5 Å². The summed E-state index contributed by atoms with van der Waals surface area (Å²) >= 11 is 1.38. The Morgan fingerprint density at radius 3 is 2.84 bits per heavy atom. The number of thiophene rings is 1. The lowest BCUT2D eigenvalue weighted by Crippen LogP contribution is -2.36. The molecule has 1 N–H and O–H groups in total. The number of benzene rings is 1. The molecule has 1 aliphatic rings. The normalized spacial score (nSPS) is 14.7. The van der Waals surface area contributed by atoms with Crippen LogP contribution in [0.25, 0.3) is 10.1 Å². The van der Waals surface area contributed by atoms with Crippen molar-refractivity contribution in [3.8, 4) is 0 Å². The zero-order valence-corrected chi connectivity index (χ0v) is 14.2. The van der Waals surface area contributed by atoms with E-state index in [0.717, 1.165) is 29.0 Å². The van der Waals surface area contributed by atoms with Crippen molar-refractivity contribution < 1.29 is 13.9 Å². The molecule has 1 saturated heterocycles. The smallest absolute Gasteiger partial charge is 0.265 e. The van der Waals surface area contributed by atoms with Gasteiger partial charge in [-0.05, 0) is 24.3 Å². The number of pyridine rings is 1. The summed E-state index contributed by atoms with van der Waals surface area (Å²) in [6.07, 6.45) is 1.75. The molecule has 1 aromatic carbocycles. The lowest BCUT2D eigenvalue weighted by atomic mass is 10.2. The van der Waals surface area contributed by atoms with E-state index >= 15 is 0 Å². The predicted molar refractivity (Wildman–Crippen MR) is 97.0 cm³/mol. The Labute approximate surface area is 148 Å². The number of fused-ring (bicyclic) bond motifs is 1. The molecule has 25 heavy (non-hydrogen) atoms. The van der Waals surface area contributed by atoms with Gasteiger partial charge in [-0.2, -0.15) is 0 Å². The Morgan fingerprint density at radius 1 is 1.24 bits per heavy atom. The number of carbonyl (C=O) groups excluding carboxylic acids is 1. The molecule has 0 radical (unpaired) electrons. The number of ether oxygens (including phenoxy) is 1. The van der Waals surface area contributed by atoms with Gasteiger partial charge in [0.1, 0.15) is 11.6 Å². The summed E-state index contributed by atoms with van der Waals surface area (Å²) in [6, 6.07) is 9.86. The SMILES string of the molecule is O=C(Nc1ccccc1F)c1cc2c(N3CCOCC3)nccc2s1. The van der Waals surface area contributed by atoms with Crippen molar-refractivity contribution in [1.82, 2.24) is 4.98 Å². The molecular weight excluding hydrogens is 341 g/mol. The Balaban J connectivity index is 1.64. The zero-order valence-electron chi connectivity index (χ0n) is 13.4. The van der Waals surface area contributed by atoms with Crippen LogP contribution in [-0.4, -0.2) is 37.2 Å². The molecule has 1 aliphatic heterocycles. The van der Waals surface area contributed by atoms with E-state index in [1.165, 1.54) is 17.4 Å². The highest BCUT2D eigenvalue weighted by atomic mass is 32.1. The molecule has 4 rings (SSSR count). The monoisotopic (exact) mass is 357 g/mol. The number of carbonyl (C=O) groups is 1. The molecule has 3 heterocycles. The third-order valence-electron chi connectivity index (χ3n) is 4.08. The molecule has 2 aromatic heterocycles. The summed E-state index contributed by atoms with van der Waals surface area (Å²) in [6.45, 7) is 2.89. The first-order chi connectivity index (χ1) is 12.2. The van der Waals surface area contributed by atoms with Crippen molar-refractivity contribution in [1.29, 1.82) is 0 Å². The van der Waals surface area contributed by atoms with Gasteiger partial charge in [0.05, 0.1) is 23.8 Å². The number of nitrogens with zero attached hydrogens (tertiary/aromatic N) is 2. The highest BCUT2D eigenvalue weighted by molar-refractivity contribution is 7.21. The van der Waals surface area contributed by atoms with Gasteiger partial charge in [0, 0.05) is 29.4 Å². The van der Waals surface area contributed by atoms with Gasteiger partial charge in [-0.15, -0.1) is 11.3 Å². The summed E-state index contributed by atoms with van der Waals surface area (Å²) in [4.78, 5) is 19.7. The van der Waals surface area contributed by atoms with Crippen LogP contribution in [0.5, 0.6) is 0 Å². The van der Waals surface area contributed by atoms with Crippen LogP contribution in [0.1, 0.15) is 9.67 Å². The lowest BCUT2D eigenvalue weighted by Gasteiger charge is -2.28. The molecule has 1 amide bonds. The van der Waals surface area contributed by atoms with E-state index in [0.29, 0.717) is 18.1 Å². The van der Waals surface area contributed by atoms with Gasteiger partial charge in [-0.1, -0.05) is 12.1 Å². The summed E-state index contributed by atoms with van der Waals surface area (Å²) in [7, 11) is 0. The molecule has 3 aromatic rings. The number of halogens is 1. The van der Waals surface area contributed by atoms with Gasteiger partial charge >= 0.3 is 0 Å². The molecular formula is C18H16FN3O2S. The van der Waals surface area contributed by atoms with E-state index in [1.54, 1.807) is 24.4 Å². The second-order valence-corrected chi connectivity index (χ2v) is 6.77.